The molecule has 0 spiro atoms. The van der Waals surface area contributed by atoms with Gasteiger partial charge in [0.05, 0.1) is 0 Å². The van der Waals surface area contributed by atoms with Gasteiger partial charge in [0.25, 0.3) is 0 Å². The highest BCUT2D eigenvalue weighted by molar-refractivity contribution is 7.80. The maximum absolute atomic E-state index is 5.13. The number of rotatable bonds is 3. The molecule has 1 rings (SSSR count). The van der Waals surface area contributed by atoms with Crippen molar-refractivity contribution in [3.8, 4) is 0 Å². The first-order valence-electron chi connectivity index (χ1n) is 5.41. The first-order chi connectivity index (χ1) is 8.63. The van der Waals surface area contributed by atoms with Crippen molar-refractivity contribution in [2.24, 2.45) is 0 Å². The molecule has 0 bridgehead atoms. The van der Waals surface area contributed by atoms with Gasteiger partial charge in [-0.2, -0.15) is 0 Å². The van der Waals surface area contributed by atoms with Crippen LogP contribution in [0, 0.1) is 6.92 Å². The molecule has 4 nitrogen and oxygen atoms in total. The normalized spacial score (nSPS) is 9.17. The largest absolute Gasteiger partial charge is 0.358 e. The second-order valence-corrected chi connectivity index (χ2v) is 4.33. The summed E-state index contributed by atoms with van der Waals surface area (Å²) in [5.41, 5.74) is 7.65. The lowest BCUT2D eigenvalue weighted by atomic mass is 10.2. The van der Waals surface area contributed by atoms with Crippen LogP contribution in [0.25, 0.3) is 0 Å². The predicted octanol–water partition coefficient (Wildman–Crippen LogP) is 1.85. The number of aryl methyl sites for hydroxylation is 1. The first-order valence-corrected chi connectivity index (χ1v) is 6.22. The molecule has 0 heterocycles. The summed E-state index contributed by atoms with van der Waals surface area (Å²) in [5, 5.41) is 6.90. The molecule has 0 saturated carbocycles. The SMILES string of the molecule is C=CCNC(=S)NNC(=S)Nc1ccccc1C. The van der Waals surface area contributed by atoms with E-state index in [1.807, 2.05) is 31.2 Å². The van der Waals surface area contributed by atoms with Crippen molar-refractivity contribution in [2.45, 2.75) is 6.92 Å². The van der Waals surface area contributed by atoms with Gasteiger partial charge in [-0.05, 0) is 43.0 Å². The molecule has 6 heteroatoms. The summed E-state index contributed by atoms with van der Waals surface area (Å²) in [5.74, 6) is 0. The Morgan fingerprint density at radius 3 is 2.56 bits per heavy atom. The molecule has 1 aromatic rings. The lowest BCUT2D eigenvalue weighted by Crippen LogP contribution is -2.48. The monoisotopic (exact) mass is 280 g/mol. The maximum atomic E-state index is 5.13. The fraction of sp³-hybridized carbons (Fsp3) is 0.167. The third-order valence-corrected chi connectivity index (χ3v) is 2.54. The topological polar surface area (TPSA) is 48.1 Å². The number of anilines is 1. The second kappa shape index (κ2) is 7.62. The third-order valence-electron chi connectivity index (χ3n) is 2.09. The molecule has 0 fully saturated rings. The van der Waals surface area contributed by atoms with E-state index in [-0.39, 0.29) is 0 Å². The van der Waals surface area contributed by atoms with Gasteiger partial charge in [0.1, 0.15) is 0 Å². The van der Waals surface area contributed by atoms with E-state index < -0.39 is 0 Å². The lowest BCUT2D eigenvalue weighted by molar-refractivity contribution is 0.839. The summed E-state index contributed by atoms with van der Waals surface area (Å²) in [6, 6.07) is 7.89. The molecule has 0 aliphatic heterocycles. The molecule has 0 amide bonds. The summed E-state index contributed by atoms with van der Waals surface area (Å²) >= 11 is 10.1. The minimum atomic E-state index is 0.451. The van der Waals surface area contributed by atoms with Gasteiger partial charge in [-0.3, -0.25) is 10.9 Å². The molecule has 0 atom stereocenters. The van der Waals surface area contributed by atoms with E-state index in [1.165, 1.54) is 0 Å². The van der Waals surface area contributed by atoms with Crippen LogP contribution in [0.3, 0.4) is 0 Å². The van der Waals surface area contributed by atoms with E-state index in [0.29, 0.717) is 16.8 Å². The molecule has 0 aliphatic carbocycles. The molecule has 0 unspecified atom stereocenters. The van der Waals surface area contributed by atoms with Crippen molar-refractivity contribution in [1.82, 2.24) is 16.2 Å². The number of para-hydroxylation sites is 1. The summed E-state index contributed by atoms with van der Waals surface area (Å²) in [6.07, 6.45) is 1.72. The summed E-state index contributed by atoms with van der Waals surface area (Å²) in [7, 11) is 0. The Kier molecular flexibility index (Phi) is 6.10. The zero-order chi connectivity index (χ0) is 13.4. The van der Waals surface area contributed by atoms with Gasteiger partial charge in [0, 0.05) is 12.2 Å². The van der Waals surface area contributed by atoms with Crippen molar-refractivity contribution >= 4 is 40.3 Å². The highest BCUT2D eigenvalue weighted by Gasteiger charge is 2.00. The van der Waals surface area contributed by atoms with Crippen molar-refractivity contribution in [1.29, 1.82) is 0 Å². The molecule has 1 aromatic carbocycles. The average molecular weight is 280 g/mol. The summed E-state index contributed by atoms with van der Waals surface area (Å²) in [4.78, 5) is 0. The number of thiocarbonyl (C=S) groups is 2. The van der Waals surface area contributed by atoms with Crippen molar-refractivity contribution in [2.75, 3.05) is 11.9 Å². The van der Waals surface area contributed by atoms with Crippen LogP contribution in [-0.4, -0.2) is 16.8 Å². The van der Waals surface area contributed by atoms with Crippen LogP contribution in [0.4, 0.5) is 5.69 Å². The van der Waals surface area contributed by atoms with E-state index in [4.69, 9.17) is 24.4 Å². The molecule has 18 heavy (non-hydrogen) atoms. The molecule has 0 radical (unpaired) electrons. The Balaban J connectivity index is 2.36. The Labute approximate surface area is 118 Å². The Hall–Kier alpha value is -1.66. The molecule has 0 aliphatic rings. The number of nitrogens with one attached hydrogen (secondary N) is 4. The van der Waals surface area contributed by atoms with Gasteiger partial charge in [-0.1, -0.05) is 24.3 Å². The average Bonchev–Trinajstić information content (AvgIpc) is 2.36. The van der Waals surface area contributed by atoms with Crippen molar-refractivity contribution in [3.63, 3.8) is 0 Å². The summed E-state index contributed by atoms with van der Waals surface area (Å²) in [6.45, 7) is 6.20. The highest BCUT2D eigenvalue weighted by atomic mass is 32.1. The van der Waals surface area contributed by atoms with Gasteiger partial charge in [0.15, 0.2) is 10.2 Å². The number of hydrogen-bond donors (Lipinski definition) is 4. The van der Waals surface area contributed by atoms with Crippen molar-refractivity contribution < 1.29 is 0 Å². The lowest BCUT2D eigenvalue weighted by Gasteiger charge is -2.14. The number of benzene rings is 1. The molecular weight excluding hydrogens is 264 g/mol. The van der Waals surface area contributed by atoms with Gasteiger partial charge in [-0.15, -0.1) is 6.58 Å². The fourth-order valence-corrected chi connectivity index (χ4v) is 1.48. The van der Waals surface area contributed by atoms with Crippen LogP contribution < -0.4 is 21.5 Å². The Morgan fingerprint density at radius 1 is 1.22 bits per heavy atom. The Bertz CT molecular complexity index is 445. The quantitative estimate of drug-likeness (QED) is 0.385. The second-order valence-electron chi connectivity index (χ2n) is 3.52. The fourth-order valence-electron chi connectivity index (χ4n) is 1.19. The van der Waals surface area contributed by atoms with E-state index in [9.17, 15) is 0 Å². The van der Waals surface area contributed by atoms with Crippen molar-refractivity contribution in [3.05, 3.63) is 42.5 Å². The number of hydrazine groups is 1. The minimum Gasteiger partial charge on any atom is -0.358 e. The van der Waals surface area contributed by atoms with Gasteiger partial charge in [-0.25, -0.2) is 0 Å². The first kappa shape index (κ1) is 14.4. The van der Waals surface area contributed by atoms with Crippen LogP contribution in [0.15, 0.2) is 36.9 Å². The van der Waals surface area contributed by atoms with Gasteiger partial charge >= 0.3 is 0 Å². The predicted molar refractivity (Wildman–Crippen MR) is 84.5 cm³/mol. The van der Waals surface area contributed by atoms with E-state index in [0.717, 1.165) is 11.3 Å². The molecule has 0 saturated heterocycles. The van der Waals surface area contributed by atoms with E-state index >= 15 is 0 Å². The zero-order valence-electron chi connectivity index (χ0n) is 10.1. The van der Waals surface area contributed by atoms with Gasteiger partial charge < -0.3 is 10.6 Å². The van der Waals surface area contributed by atoms with Crippen LogP contribution in [0.1, 0.15) is 5.56 Å². The van der Waals surface area contributed by atoms with Crippen LogP contribution in [0.2, 0.25) is 0 Å². The van der Waals surface area contributed by atoms with E-state index in [2.05, 4.69) is 28.1 Å². The zero-order valence-corrected chi connectivity index (χ0v) is 11.8. The highest BCUT2D eigenvalue weighted by Crippen LogP contribution is 2.12. The molecule has 4 N–H and O–H groups in total. The summed E-state index contributed by atoms with van der Waals surface area (Å²) < 4.78 is 0. The molecule has 0 aromatic heterocycles. The molecule has 96 valence electrons. The molecular formula is C12H16N4S2. The van der Waals surface area contributed by atoms with Crippen LogP contribution in [0.5, 0.6) is 0 Å². The Morgan fingerprint density at radius 2 is 1.89 bits per heavy atom. The minimum absolute atomic E-state index is 0.451. The third kappa shape index (κ3) is 5.11. The number of hydrogen-bond acceptors (Lipinski definition) is 2. The van der Waals surface area contributed by atoms with E-state index in [1.54, 1.807) is 6.08 Å². The van der Waals surface area contributed by atoms with Gasteiger partial charge in [0.2, 0.25) is 0 Å². The maximum Gasteiger partial charge on any atom is 0.189 e. The van der Waals surface area contributed by atoms with Crippen LogP contribution >= 0.6 is 24.4 Å². The standard InChI is InChI=1S/C12H16N4S2/c1-3-8-13-11(17)15-16-12(18)14-10-7-5-4-6-9(10)2/h3-7H,1,8H2,2H3,(H2,13,15,17)(H2,14,16,18). The smallest absolute Gasteiger partial charge is 0.189 e. The van der Waals surface area contributed by atoms with Crippen LogP contribution in [-0.2, 0) is 0 Å².